The fraction of sp³-hybridized carbons (Fsp3) is 0.333. The van der Waals surface area contributed by atoms with Crippen molar-refractivity contribution >= 4 is 11.9 Å². The van der Waals surface area contributed by atoms with Gasteiger partial charge in [0.1, 0.15) is 0 Å². The summed E-state index contributed by atoms with van der Waals surface area (Å²) in [5.41, 5.74) is 0. The summed E-state index contributed by atoms with van der Waals surface area (Å²) in [6.07, 6.45) is 1.93. The van der Waals surface area contributed by atoms with Crippen molar-refractivity contribution in [1.29, 1.82) is 0 Å². The third-order valence-corrected chi connectivity index (χ3v) is 1.17. The Morgan fingerprint density at radius 3 is 2.33 bits per heavy atom. The maximum Gasteiger partial charge on any atom is 0.328 e. The van der Waals surface area contributed by atoms with Gasteiger partial charge in [-0.2, -0.15) is 0 Å². The number of carbonyl (C=O) groups is 2. The summed E-state index contributed by atoms with van der Waals surface area (Å²) in [5, 5.41) is 0. The second-order valence-corrected chi connectivity index (χ2v) is 1.82. The summed E-state index contributed by atoms with van der Waals surface area (Å²) in [7, 11) is 0. The van der Waals surface area contributed by atoms with Crippen LogP contribution in [0.2, 0.25) is 0 Å². The number of allylic oxidation sites excluding steroid dienone is 1. The highest BCUT2D eigenvalue weighted by Gasteiger charge is 2.40. The first-order valence-electron chi connectivity index (χ1n) is 2.62. The van der Waals surface area contributed by atoms with Gasteiger partial charge in [0.2, 0.25) is 0 Å². The fourth-order valence-corrected chi connectivity index (χ4v) is 0.639. The SMILES string of the molecule is C=CCC1C(=O)OC1=O. The molecule has 0 aromatic carbocycles. The summed E-state index contributed by atoms with van der Waals surface area (Å²) in [6.45, 7) is 3.39. The van der Waals surface area contributed by atoms with Gasteiger partial charge >= 0.3 is 11.9 Å². The average Bonchev–Trinajstić information content (AvgIpc) is 1.84. The van der Waals surface area contributed by atoms with Crippen LogP contribution in [0.4, 0.5) is 0 Å². The summed E-state index contributed by atoms with van der Waals surface area (Å²) in [5.74, 6) is -1.41. The molecule has 1 rings (SSSR count). The van der Waals surface area contributed by atoms with E-state index < -0.39 is 17.9 Å². The standard InChI is InChI=1S/C6H6O3/c1-2-3-4-5(7)9-6(4)8/h2,4H,1,3H2. The number of ether oxygens (including phenoxy) is 1. The van der Waals surface area contributed by atoms with Crippen molar-refractivity contribution in [3.05, 3.63) is 12.7 Å². The summed E-state index contributed by atoms with van der Waals surface area (Å²) >= 11 is 0. The smallest absolute Gasteiger partial charge is 0.328 e. The quantitative estimate of drug-likeness (QED) is 0.303. The van der Waals surface area contributed by atoms with Crippen LogP contribution in [-0.4, -0.2) is 11.9 Å². The lowest BCUT2D eigenvalue weighted by Crippen LogP contribution is -2.40. The van der Waals surface area contributed by atoms with E-state index >= 15 is 0 Å². The monoisotopic (exact) mass is 126 g/mol. The lowest BCUT2D eigenvalue weighted by Gasteiger charge is -2.19. The molecule has 0 spiro atoms. The highest BCUT2D eigenvalue weighted by molar-refractivity contribution is 6.09. The minimum atomic E-state index is -0.553. The molecule has 0 aromatic rings. The number of hydrogen-bond donors (Lipinski definition) is 0. The summed E-state index contributed by atoms with van der Waals surface area (Å²) in [4.78, 5) is 20.7. The number of cyclic esters (lactones) is 2. The highest BCUT2D eigenvalue weighted by Crippen LogP contribution is 2.18. The van der Waals surface area contributed by atoms with Gasteiger partial charge in [0.05, 0.1) is 0 Å². The number of esters is 2. The molecule has 48 valence electrons. The molecule has 0 unspecified atom stereocenters. The molecule has 3 nitrogen and oxygen atoms in total. The first-order valence-corrected chi connectivity index (χ1v) is 2.62. The first-order chi connectivity index (χ1) is 4.25. The van der Waals surface area contributed by atoms with Crippen molar-refractivity contribution in [2.75, 3.05) is 0 Å². The van der Waals surface area contributed by atoms with E-state index in [1.54, 1.807) is 0 Å². The molecular formula is C6H6O3. The fourth-order valence-electron chi connectivity index (χ4n) is 0.639. The molecule has 1 aliphatic heterocycles. The number of carbonyl (C=O) groups excluding carboxylic acids is 2. The van der Waals surface area contributed by atoms with Crippen LogP contribution in [0.5, 0.6) is 0 Å². The molecule has 0 atom stereocenters. The normalized spacial score (nSPS) is 18.7. The zero-order valence-electron chi connectivity index (χ0n) is 4.79. The van der Waals surface area contributed by atoms with Crippen LogP contribution in [0.15, 0.2) is 12.7 Å². The van der Waals surface area contributed by atoms with E-state index in [-0.39, 0.29) is 0 Å². The van der Waals surface area contributed by atoms with Crippen molar-refractivity contribution in [3.8, 4) is 0 Å². The second kappa shape index (κ2) is 2.01. The number of hydrogen-bond acceptors (Lipinski definition) is 3. The predicted molar refractivity (Wildman–Crippen MR) is 29.4 cm³/mol. The van der Waals surface area contributed by atoms with Gasteiger partial charge in [-0.3, -0.25) is 9.59 Å². The number of rotatable bonds is 2. The molecule has 9 heavy (non-hydrogen) atoms. The molecule has 0 aromatic heterocycles. The van der Waals surface area contributed by atoms with Gasteiger partial charge in [0.25, 0.3) is 0 Å². The molecule has 0 amide bonds. The predicted octanol–water partition coefficient (Wildman–Crippen LogP) is 0.262. The van der Waals surface area contributed by atoms with Crippen LogP contribution in [0.1, 0.15) is 6.42 Å². The minimum Gasteiger partial charge on any atom is -0.392 e. The van der Waals surface area contributed by atoms with Gasteiger partial charge in [0, 0.05) is 0 Å². The zero-order chi connectivity index (χ0) is 6.85. The average molecular weight is 126 g/mol. The Labute approximate surface area is 52.3 Å². The Morgan fingerprint density at radius 1 is 1.56 bits per heavy atom. The molecule has 1 aliphatic rings. The van der Waals surface area contributed by atoms with Crippen molar-refractivity contribution in [2.45, 2.75) is 6.42 Å². The Bertz CT molecular complexity index is 157. The van der Waals surface area contributed by atoms with Crippen molar-refractivity contribution in [2.24, 2.45) is 5.92 Å². The van der Waals surface area contributed by atoms with E-state index in [4.69, 9.17) is 0 Å². The third-order valence-electron chi connectivity index (χ3n) is 1.17. The van der Waals surface area contributed by atoms with E-state index in [0.717, 1.165) is 0 Å². The molecule has 0 N–H and O–H groups in total. The van der Waals surface area contributed by atoms with E-state index in [0.29, 0.717) is 6.42 Å². The van der Waals surface area contributed by atoms with Crippen molar-refractivity contribution in [3.63, 3.8) is 0 Å². The molecule has 0 aliphatic carbocycles. The van der Waals surface area contributed by atoms with E-state index in [1.165, 1.54) is 6.08 Å². The molecule has 0 bridgehead atoms. The third kappa shape index (κ3) is 0.850. The van der Waals surface area contributed by atoms with Crippen LogP contribution in [0, 0.1) is 5.92 Å². The minimum absolute atomic E-state index is 0.400. The first kappa shape index (κ1) is 6.01. The maximum absolute atomic E-state index is 10.3. The summed E-state index contributed by atoms with van der Waals surface area (Å²) < 4.78 is 4.08. The van der Waals surface area contributed by atoms with E-state index in [9.17, 15) is 9.59 Å². The molecule has 0 radical (unpaired) electrons. The van der Waals surface area contributed by atoms with Crippen molar-refractivity contribution < 1.29 is 14.3 Å². The molecular weight excluding hydrogens is 120 g/mol. The Morgan fingerprint density at radius 2 is 2.11 bits per heavy atom. The molecule has 1 saturated heterocycles. The maximum atomic E-state index is 10.3. The van der Waals surface area contributed by atoms with Gasteiger partial charge in [-0.15, -0.1) is 6.58 Å². The van der Waals surface area contributed by atoms with Crippen LogP contribution >= 0.6 is 0 Å². The Hall–Kier alpha value is -1.12. The van der Waals surface area contributed by atoms with Crippen LogP contribution in [-0.2, 0) is 14.3 Å². The van der Waals surface area contributed by atoms with Gasteiger partial charge in [-0.05, 0) is 6.42 Å². The molecule has 1 heterocycles. The Kier molecular flexibility index (Phi) is 1.34. The van der Waals surface area contributed by atoms with Crippen molar-refractivity contribution in [1.82, 2.24) is 0 Å². The Balaban J connectivity index is 2.48. The lowest BCUT2D eigenvalue weighted by atomic mass is 10.0. The molecule has 3 heteroatoms. The largest absolute Gasteiger partial charge is 0.392 e. The van der Waals surface area contributed by atoms with Gasteiger partial charge in [-0.1, -0.05) is 6.08 Å². The van der Waals surface area contributed by atoms with E-state index in [2.05, 4.69) is 11.3 Å². The topological polar surface area (TPSA) is 43.4 Å². The summed E-state index contributed by atoms with van der Waals surface area (Å²) in [6, 6.07) is 0. The zero-order valence-corrected chi connectivity index (χ0v) is 4.79. The highest BCUT2D eigenvalue weighted by atomic mass is 16.6. The van der Waals surface area contributed by atoms with Crippen LogP contribution < -0.4 is 0 Å². The molecule has 1 fully saturated rings. The molecule has 0 saturated carbocycles. The van der Waals surface area contributed by atoms with Gasteiger partial charge in [-0.25, -0.2) is 0 Å². The van der Waals surface area contributed by atoms with Crippen LogP contribution in [0.25, 0.3) is 0 Å². The lowest BCUT2D eigenvalue weighted by molar-refractivity contribution is -0.183. The second-order valence-electron chi connectivity index (χ2n) is 1.82. The van der Waals surface area contributed by atoms with Gasteiger partial charge in [0.15, 0.2) is 5.92 Å². The van der Waals surface area contributed by atoms with Crippen LogP contribution in [0.3, 0.4) is 0 Å². The van der Waals surface area contributed by atoms with Gasteiger partial charge < -0.3 is 4.74 Å². The van der Waals surface area contributed by atoms with E-state index in [1.807, 2.05) is 0 Å².